The molecule has 2 unspecified atom stereocenters. The highest BCUT2D eigenvalue weighted by molar-refractivity contribution is 7.10. The fraction of sp³-hybridized carbons (Fsp3) is 0.182. The second-order valence-electron chi connectivity index (χ2n) is 6.83. The average Bonchev–Trinajstić information content (AvgIpc) is 3.18. The van der Waals surface area contributed by atoms with Gasteiger partial charge in [0.2, 0.25) is 0 Å². The lowest BCUT2D eigenvalue weighted by atomic mass is 9.88. The summed E-state index contributed by atoms with van der Waals surface area (Å²) in [6, 6.07) is 14.3. The number of urea groups is 1. The van der Waals surface area contributed by atoms with Crippen LogP contribution in [0.4, 0.5) is 4.79 Å². The quantitative estimate of drug-likeness (QED) is 0.624. The van der Waals surface area contributed by atoms with E-state index in [4.69, 9.17) is 4.98 Å². The van der Waals surface area contributed by atoms with Gasteiger partial charge in [-0.3, -0.25) is 4.99 Å². The van der Waals surface area contributed by atoms with Crippen molar-refractivity contribution >= 4 is 29.3 Å². The Labute approximate surface area is 172 Å². The Morgan fingerprint density at radius 2 is 1.86 bits per heavy atom. The molecule has 0 fully saturated rings. The summed E-state index contributed by atoms with van der Waals surface area (Å²) in [7, 11) is 1.75. The zero-order valence-electron chi connectivity index (χ0n) is 16.0. The van der Waals surface area contributed by atoms with Crippen molar-refractivity contribution in [3.8, 4) is 17.0 Å². The van der Waals surface area contributed by atoms with Gasteiger partial charge in [0.05, 0.1) is 17.7 Å². The van der Waals surface area contributed by atoms with E-state index >= 15 is 0 Å². The highest BCUT2D eigenvalue weighted by Crippen LogP contribution is 2.38. The number of amides is 2. The van der Waals surface area contributed by atoms with Gasteiger partial charge in [0.1, 0.15) is 10.8 Å². The predicted molar refractivity (Wildman–Crippen MR) is 116 cm³/mol. The molecule has 0 saturated heterocycles. The van der Waals surface area contributed by atoms with Gasteiger partial charge in [-0.2, -0.15) is 0 Å². The number of carbonyl (C=O) groups is 1. The molecular weight excluding hydrogens is 384 g/mol. The zero-order chi connectivity index (χ0) is 20.4. The highest BCUT2D eigenvalue weighted by atomic mass is 32.1. The zero-order valence-corrected chi connectivity index (χ0v) is 16.9. The highest BCUT2D eigenvalue weighted by Gasteiger charge is 2.34. The fourth-order valence-corrected chi connectivity index (χ4v) is 4.48. The summed E-state index contributed by atoms with van der Waals surface area (Å²) in [6.45, 7) is 1.86. The van der Waals surface area contributed by atoms with Crippen molar-refractivity contribution < 1.29 is 9.90 Å². The molecule has 6 nitrogen and oxygen atoms in total. The number of aromatic nitrogens is 1. The Balaban J connectivity index is 1.68. The molecule has 1 aliphatic heterocycles. The van der Waals surface area contributed by atoms with Crippen LogP contribution in [0.1, 0.15) is 35.0 Å². The predicted octanol–water partition coefficient (Wildman–Crippen LogP) is 4.57. The molecule has 0 radical (unpaired) electrons. The van der Waals surface area contributed by atoms with Crippen LogP contribution < -0.4 is 5.32 Å². The molecule has 146 valence electrons. The van der Waals surface area contributed by atoms with E-state index in [1.165, 1.54) is 0 Å². The standard InChI is InChI=1S/C22H20N4O2S/c1-13-19(20(26-22(28)24-13)16-7-9-17(27)10-8-16)21-25-18(12-29-21)15-5-3-14(4-6-15)11-23-2/h3-12,19-20,27H,1-2H3,(H,26,28). The Hall–Kier alpha value is -3.32. The van der Waals surface area contributed by atoms with Crippen LogP contribution >= 0.6 is 11.3 Å². The number of hydrogen-bond acceptors (Lipinski definition) is 5. The summed E-state index contributed by atoms with van der Waals surface area (Å²) < 4.78 is 0. The maximum absolute atomic E-state index is 12.0. The summed E-state index contributed by atoms with van der Waals surface area (Å²) in [4.78, 5) is 25.0. The van der Waals surface area contributed by atoms with Gasteiger partial charge < -0.3 is 10.4 Å². The topological polar surface area (TPSA) is 86.9 Å². The number of rotatable bonds is 4. The minimum absolute atomic E-state index is 0.164. The Bertz CT molecular complexity index is 1080. The molecule has 1 aromatic heterocycles. The summed E-state index contributed by atoms with van der Waals surface area (Å²) in [5.74, 6) is 0.0217. The van der Waals surface area contributed by atoms with Crippen molar-refractivity contribution in [1.29, 1.82) is 0 Å². The van der Waals surface area contributed by atoms with E-state index in [0.717, 1.165) is 33.1 Å². The lowest BCUT2D eigenvalue weighted by Crippen LogP contribution is -2.38. The third-order valence-electron chi connectivity index (χ3n) is 4.87. The molecule has 29 heavy (non-hydrogen) atoms. The van der Waals surface area contributed by atoms with E-state index in [9.17, 15) is 9.90 Å². The second-order valence-corrected chi connectivity index (χ2v) is 7.72. The van der Waals surface area contributed by atoms with E-state index in [1.807, 2.05) is 54.9 Å². The maximum Gasteiger partial charge on any atom is 0.341 e. The van der Waals surface area contributed by atoms with E-state index in [-0.39, 0.29) is 23.7 Å². The summed E-state index contributed by atoms with van der Waals surface area (Å²) in [6.07, 6.45) is 1.81. The molecule has 2 aromatic carbocycles. The van der Waals surface area contributed by atoms with E-state index < -0.39 is 0 Å². The first-order chi connectivity index (χ1) is 14.0. The fourth-order valence-electron chi connectivity index (χ4n) is 3.45. The molecule has 0 aliphatic carbocycles. The molecule has 2 heterocycles. The van der Waals surface area contributed by atoms with Gasteiger partial charge in [0.15, 0.2) is 0 Å². The average molecular weight is 404 g/mol. The van der Waals surface area contributed by atoms with Crippen LogP contribution in [0.3, 0.4) is 0 Å². The van der Waals surface area contributed by atoms with Crippen molar-refractivity contribution in [3.63, 3.8) is 0 Å². The number of aromatic hydroxyl groups is 1. The minimum atomic E-state index is -0.359. The number of nitrogens with one attached hydrogen (secondary N) is 1. The molecule has 7 heteroatoms. The molecule has 0 bridgehead atoms. The number of hydrogen-bond donors (Lipinski definition) is 2. The number of thiazole rings is 1. The van der Waals surface area contributed by atoms with Crippen molar-refractivity contribution in [2.45, 2.75) is 18.9 Å². The second kappa shape index (κ2) is 7.97. The van der Waals surface area contributed by atoms with Gasteiger partial charge in [-0.05, 0) is 30.2 Å². The number of benzene rings is 2. The van der Waals surface area contributed by atoms with Crippen LogP contribution in [0.25, 0.3) is 11.3 Å². The lowest BCUT2D eigenvalue weighted by Gasteiger charge is -2.30. The first kappa shape index (κ1) is 19.0. The Morgan fingerprint density at radius 3 is 2.55 bits per heavy atom. The van der Waals surface area contributed by atoms with Crippen LogP contribution in [-0.4, -0.2) is 35.1 Å². The largest absolute Gasteiger partial charge is 0.508 e. The molecule has 2 N–H and O–H groups in total. The van der Waals surface area contributed by atoms with Crippen molar-refractivity contribution in [1.82, 2.24) is 10.3 Å². The van der Waals surface area contributed by atoms with Crippen LogP contribution in [0.15, 0.2) is 63.9 Å². The van der Waals surface area contributed by atoms with Gasteiger partial charge in [-0.15, -0.1) is 11.3 Å². The molecule has 0 spiro atoms. The lowest BCUT2D eigenvalue weighted by molar-refractivity contribution is 0.243. The summed E-state index contributed by atoms with van der Waals surface area (Å²) in [5.41, 5.74) is 4.57. The molecule has 1 aliphatic rings. The van der Waals surface area contributed by atoms with Crippen molar-refractivity contribution in [3.05, 3.63) is 70.0 Å². The Morgan fingerprint density at radius 1 is 1.14 bits per heavy atom. The van der Waals surface area contributed by atoms with Gasteiger partial charge in [-0.25, -0.2) is 14.8 Å². The van der Waals surface area contributed by atoms with Crippen LogP contribution in [-0.2, 0) is 0 Å². The van der Waals surface area contributed by atoms with Gasteiger partial charge in [0.25, 0.3) is 0 Å². The van der Waals surface area contributed by atoms with Gasteiger partial charge >= 0.3 is 6.03 Å². The Kier molecular flexibility index (Phi) is 5.22. The van der Waals surface area contributed by atoms with Crippen LogP contribution in [0.5, 0.6) is 5.75 Å². The monoisotopic (exact) mass is 404 g/mol. The molecule has 0 saturated carbocycles. The third kappa shape index (κ3) is 3.95. The first-order valence-electron chi connectivity index (χ1n) is 9.18. The van der Waals surface area contributed by atoms with Gasteiger partial charge in [0, 0.05) is 29.9 Å². The van der Waals surface area contributed by atoms with E-state index in [1.54, 1.807) is 30.5 Å². The SMILES string of the molecule is CN=Cc1ccc(-c2csc(C3C(C)=NC(=O)NC3c3ccc(O)cc3)n2)cc1. The number of phenols is 1. The minimum Gasteiger partial charge on any atom is -0.508 e. The first-order valence-corrected chi connectivity index (χ1v) is 10.1. The van der Waals surface area contributed by atoms with E-state index in [2.05, 4.69) is 15.3 Å². The molecular formula is C22H20N4O2S. The maximum atomic E-state index is 12.0. The molecule has 3 aromatic rings. The van der Waals surface area contributed by atoms with Crippen LogP contribution in [0.2, 0.25) is 0 Å². The summed E-state index contributed by atoms with van der Waals surface area (Å²) in [5, 5.41) is 15.5. The molecule has 2 amide bonds. The molecule has 2 atom stereocenters. The van der Waals surface area contributed by atoms with Crippen molar-refractivity contribution in [2.75, 3.05) is 7.05 Å². The van der Waals surface area contributed by atoms with Gasteiger partial charge in [-0.1, -0.05) is 36.4 Å². The number of aliphatic imine (C=N–C) groups is 2. The van der Waals surface area contributed by atoms with Crippen LogP contribution in [0, 0.1) is 0 Å². The molecule has 4 rings (SSSR count). The number of nitrogens with zero attached hydrogens (tertiary/aromatic N) is 3. The van der Waals surface area contributed by atoms with E-state index in [0.29, 0.717) is 0 Å². The number of phenolic OH excluding ortho intramolecular Hbond substituents is 1. The third-order valence-corrected chi connectivity index (χ3v) is 5.79. The normalized spacial score (nSPS) is 19.2. The number of carbonyl (C=O) groups excluding carboxylic acids is 1. The summed E-state index contributed by atoms with van der Waals surface area (Å²) >= 11 is 1.55. The van der Waals surface area contributed by atoms with Crippen molar-refractivity contribution in [2.24, 2.45) is 9.98 Å². The smallest absolute Gasteiger partial charge is 0.341 e.